The molecule has 4 heteroatoms. The lowest BCUT2D eigenvalue weighted by molar-refractivity contribution is 0.151. The number of para-hydroxylation sites is 1. The van der Waals surface area contributed by atoms with E-state index in [0.29, 0.717) is 18.9 Å². The van der Waals surface area contributed by atoms with Crippen LogP contribution in [0.3, 0.4) is 0 Å². The van der Waals surface area contributed by atoms with E-state index in [2.05, 4.69) is 5.16 Å². The quantitative estimate of drug-likeness (QED) is 0.579. The fourth-order valence-electron chi connectivity index (χ4n) is 1.99. The molecule has 21 heavy (non-hydrogen) atoms. The molecule has 0 aliphatic carbocycles. The van der Waals surface area contributed by atoms with Gasteiger partial charge in [-0.05, 0) is 17.7 Å². The topological polar surface area (TPSA) is 40.0 Å². The van der Waals surface area contributed by atoms with E-state index in [9.17, 15) is 0 Å². The number of hydrogen-bond acceptors (Lipinski definition) is 4. The van der Waals surface area contributed by atoms with Gasteiger partial charge in [-0.1, -0.05) is 47.6 Å². The summed E-state index contributed by atoms with van der Waals surface area (Å²) in [5.41, 5.74) is 2.69. The summed E-state index contributed by atoms with van der Waals surface area (Å²) in [7, 11) is 3.15. The fraction of sp³-hybridized carbons (Fsp3) is 0.235. The summed E-state index contributed by atoms with van der Waals surface area (Å²) in [6.07, 6.45) is 0. The zero-order valence-corrected chi connectivity index (χ0v) is 12.3. The number of benzene rings is 2. The van der Waals surface area contributed by atoms with Gasteiger partial charge in [0, 0.05) is 5.56 Å². The van der Waals surface area contributed by atoms with Crippen LogP contribution in [0, 0.1) is 0 Å². The predicted molar refractivity (Wildman–Crippen MR) is 82.6 cm³/mol. The molecule has 0 amide bonds. The van der Waals surface area contributed by atoms with Crippen LogP contribution in [0.4, 0.5) is 0 Å². The molecule has 0 unspecified atom stereocenters. The molecule has 0 aliphatic rings. The molecular weight excluding hydrogens is 266 g/mol. The van der Waals surface area contributed by atoms with Crippen molar-refractivity contribution in [1.29, 1.82) is 0 Å². The highest BCUT2D eigenvalue weighted by Crippen LogP contribution is 2.19. The van der Waals surface area contributed by atoms with Gasteiger partial charge in [0.25, 0.3) is 0 Å². The molecule has 2 rings (SSSR count). The second-order valence-corrected chi connectivity index (χ2v) is 4.40. The first kappa shape index (κ1) is 15.1. The van der Waals surface area contributed by atoms with Crippen LogP contribution < -0.4 is 4.74 Å². The summed E-state index contributed by atoms with van der Waals surface area (Å²) in [6.45, 7) is 0.877. The summed E-state index contributed by atoms with van der Waals surface area (Å²) in [5, 5.41) is 4.05. The lowest BCUT2D eigenvalue weighted by atomic mass is 10.1. The van der Waals surface area contributed by atoms with E-state index in [1.807, 2.05) is 54.6 Å². The first-order valence-corrected chi connectivity index (χ1v) is 6.70. The van der Waals surface area contributed by atoms with E-state index >= 15 is 0 Å². The third kappa shape index (κ3) is 4.33. The van der Waals surface area contributed by atoms with Crippen LogP contribution in [0.2, 0.25) is 0 Å². The molecule has 110 valence electrons. The Balaban J connectivity index is 2.04. The van der Waals surface area contributed by atoms with Crippen molar-refractivity contribution in [3.05, 3.63) is 65.7 Å². The second kappa shape index (κ2) is 8.07. The van der Waals surface area contributed by atoms with Crippen LogP contribution in [-0.2, 0) is 16.2 Å². The number of rotatable bonds is 7. The van der Waals surface area contributed by atoms with Gasteiger partial charge in [-0.2, -0.15) is 0 Å². The highest BCUT2D eigenvalue weighted by molar-refractivity contribution is 6.03. The molecule has 2 aromatic carbocycles. The molecule has 0 heterocycles. The van der Waals surface area contributed by atoms with Crippen molar-refractivity contribution in [2.75, 3.05) is 20.8 Å². The largest absolute Gasteiger partial charge is 0.496 e. The van der Waals surface area contributed by atoms with E-state index in [0.717, 1.165) is 16.9 Å². The van der Waals surface area contributed by atoms with E-state index in [4.69, 9.17) is 14.3 Å². The summed E-state index contributed by atoms with van der Waals surface area (Å²) in [6, 6.07) is 17.7. The third-order valence-electron chi connectivity index (χ3n) is 2.97. The summed E-state index contributed by atoms with van der Waals surface area (Å²) in [5.74, 6) is 0.747. The molecule has 0 fully saturated rings. The van der Waals surface area contributed by atoms with Crippen LogP contribution in [0.15, 0.2) is 59.8 Å². The molecule has 0 aromatic heterocycles. The van der Waals surface area contributed by atoms with Crippen LogP contribution in [0.25, 0.3) is 0 Å². The Bertz CT molecular complexity index is 582. The van der Waals surface area contributed by atoms with E-state index in [1.54, 1.807) is 7.11 Å². The Labute approximate surface area is 125 Å². The number of hydrogen-bond donors (Lipinski definition) is 0. The van der Waals surface area contributed by atoms with Crippen molar-refractivity contribution in [3.63, 3.8) is 0 Å². The molecule has 0 saturated carbocycles. The Kier molecular flexibility index (Phi) is 5.79. The van der Waals surface area contributed by atoms with Crippen molar-refractivity contribution >= 4 is 5.71 Å². The van der Waals surface area contributed by atoms with Gasteiger partial charge in [0.2, 0.25) is 0 Å². The van der Waals surface area contributed by atoms with Gasteiger partial charge >= 0.3 is 0 Å². The Hall–Kier alpha value is -2.33. The van der Waals surface area contributed by atoms with E-state index < -0.39 is 0 Å². The SMILES string of the molecule is CO/N=C(\COCc1ccccc1)c1ccccc1OC. The third-order valence-corrected chi connectivity index (χ3v) is 2.97. The highest BCUT2D eigenvalue weighted by atomic mass is 16.6. The first-order chi connectivity index (χ1) is 10.3. The molecule has 4 nitrogen and oxygen atoms in total. The number of methoxy groups -OCH3 is 1. The normalized spacial score (nSPS) is 11.2. The average Bonchev–Trinajstić information content (AvgIpc) is 2.55. The number of nitrogens with zero attached hydrogens (tertiary/aromatic N) is 1. The molecule has 0 atom stereocenters. The van der Waals surface area contributed by atoms with Gasteiger partial charge < -0.3 is 14.3 Å². The summed E-state index contributed by atoms with van der Waals surface area (Å²) < 4.78 is 11.1. The second-order valence-electron chi connectivity index (χ2n) is 4.40. The summed E-state index contributed by atoms with van der Waals surface area (Å²) >= 11 is 0. The minimum atomic E-state index is 0.350. The van der Waals surface area contributed by atoms with Crippen molar-refractivity contribution in [2.24, 2.45) is 5.16 Å². The van der Waals surface area contributed by atoms with Crippen molar-refractivity contribution in [2.45, 2.75) is 6.61 Å². The van der Waals surface area contributed by atoms with Gasteiger partial charge in [0.1, 0.15) is 18.6 Å². The Morgan fingerprint density at radius 2 is 1.67 bits per heavy atom. The van der Waals surface area contributed by atoms with Crippen LogP contribution in [-0.4, -0.2) is 26.5 Å². The molecule has 0 aliphatic heterocycles. The van der Waals surface area contributed by atoms with Crippen LogP contribution in [0.5, 0.6) is 5.75 Å². The van der Waals surface area contributed by atoms with Crippen molar-refractivity contribution < 1.29 is 14.3 Å². The van der Waals surface area contributed by atoms with Gasteiger partial charge in [-0.15, -0.1) is 0 Å². The van der Waals surface area contributed by atoms with E-state index in [-0.39, 0.29) is 0 Å². The van der Waals surface area contributed by atoms with Crippen LogP contribution >= 0.6 is 0 Å². The van der Waals surface area contributed by atoms with E-state index in [1.165, 1.54) is 7.11 Å². The minimum Gasteiger partial charge on any atom is -0.496 e. The molecule has 0 saturated heterocycles. The standard InChI is InChI=1S/C17H19NO3/c1-19-17-11-7-6-10-15(17)16(18-20-2)13-21-12-14-8-4-3-5-9-14/h3-11H,12-13H2,1-2H3/b18-16+. The minimum absolute atomic E-state index is 0.350. The average molecular weight is 285 g/mol. The molecule has 0 radical (unpaired) electrons. The molecule has 0 N–H and O–H groups in total. The van der Waals surface area contributed by atoms with Crippen molar-refractivity contribution in [1.82, 2.24) is 0 Å². The Morgan fingerprint density at radius 3 is 2.38 bits per heavy atom. The lowest BCUT2D eigenvalue weighted by Crippen LogP contribution is -2.12. The zero-order chi connectivity index (χ0) is 14.9. The van der Waals surface area contributed by atoms with Crippen molar-refractivity contribution in [3.8, 4) is 5.75 Å². The van der Waals surface area contributed by atoms with Gasteiger partial charge in [0.05, 0.1) is 20.3 Å². The summed E-state index contributed by atoms with van der Waals surface area (Å²) in [4.78, 5) is 4.91. The number of ether oxygens (including phenoxy) is 2. The zero-order valence-electron chi connectivity index (χ0n) is 12.3. The lowest BCUT2D eigenvalue weighted by Gasteiger charge is -2.11. The monoisotopic (exact) mass is 285 g/mol. The molecule has 0 spiro atoms. The van der Waals surface area contributed by atoms with Gasteiger partial charge in [-0.3, -0.25) is 0 Å². The Morgan fingerprint density at radius 1 is 0.952 bits per heavy atom. The highest BCUT2D eigenvalue weighted by Gasteiger charge is 2.11. The fourth-order valence-corrected chi connectivity index (χ4v) is 1.99. The predicted octanol–water partition coefficient (Wildman–Crippen LogP) is 3.26. The molecule has 2 aromatic rings. The maximum Gasteiger partial charge on any atom is 0.128 e. The van der Waals surface area contributed by atoms with Crippen LogP contribution in [0.1, 0.15) is 11.1 Å². The van der Waals surface area contributed by atoms with Gasteiger partial charge in [-0.25, -0.2) is 0 Å². The molecular formula is C17H19NO3. The maximum atomic E-state index is 5.72. The number of oxime groups is 1. The smallest absolute Gasteiger partial charge is 0.128 e. The van der Waals surface area contributed by atoms with Gasteiger partial charge in [0.15, 0.2) is 0 Å². The molecule has 0 bridgehead atoms. The first-order valence-electron chi connectivity index (χ1n) is 6.70. The maximum absolute atomic E-state index is 5.72.